The van der Waals surface area contributed by atoms with Crippen LogP contribution in [0.15, 0.2) is 417 Å². The van der Waals surface area contributed by atoms with Crippen LogP contribution in [-0.2, 0) is 0 Å². The van der Waals surface area contributed by atoms with Gasteiger partial charge in [0.25, 0.3) is 0 Å². The number of hydrogen-bond donors (Lipinski definition) is 1. The molecule has 0 saturated carbocycles. The van der Waals surface area contributed by atoms with Gasteiger partial charge in [-0.1, -0.05) is 307 Å². The molecule has 1 N–H and O–H groups in total. The molecule has 0 saturated heterocycles. The Kier molecular flexibility index (Phi) is 17.2. The number of nitrogens with one attached hydrogen (secondary N) is 1. The molecule has 2 heterocycles. The summed E-state index contributed by atoms with van der Waals surface area (Å²) in [6, 6.07) is 147. The highest BCUT2D eigenvalue weighted by atomic mass is 79.9. The Morgan fingerprint density at radius 2 is 0.419 bits per heavy atom. The van der Waals surface area contributed by atoms with E-state index in [-0.39, 0.29) is 0 Å². The van der Waals surface area contributed by atoms with E-state index in [9.17, 15) is 0 Å². The van der Waals surface area contributed by atoms with Crippen LogP contribution in [0.2, 0.25) is 0 Å². The second kappa shape index (κ2) is 28.2. The predicted molar refractivity (Wildman–Crippen MR) is 452 cm³/mol. The van der Waals surface area contributed by atoms with Gasteiger partial charge in [0.1, 0.15) is 0 Å². The molecule has 0 amide bonds. The fourth-order valence-electron chi connectivity index (χ4n) is 15.7. The number of hydrogen-bond acceptors (Lipinski definition) is 2. The molecule has 0 atom stereocenters. The standard InChI is InChI=1S/C50H34N2.C26H17Br.C24H18N2/c1-3-15-35(16-4-1)49-43-21-7-9-23-45(43)50(46-24-10-8-22-44(46)49)36-27-29-38(30-28-36)51(37-17-5-2-6-18-37)39-31-33-40(34-32-39)52-47-25-13-11-19-41(47)42-20-12-14-26-48(42)52;27-20-16-14-19(15-17-20)26-23-12-6-4-10-21(23)25(18-8-2-1-3-9-18)22-11-5-7-13-24(22)26;1-2-8-18(9-3-1)25-19-14-16-20(17-15-19)26-23-12-6-4-10-21(23)22-11-5-7-13-24(22)26/h1-34H;1-17H;1-17,25H. The quantitative estimate of drug-likeness (QED) is 0.131. The van der Waals surface area contributed by atoms with Gasteiger partial charge in [0.2, 0.25) is 0 Å². The van der Waals surface area contributed by atoms with Crippen molar-refractivity contribution in [2.24, 2.45) is 0 Å². The molecule has 0 fully saturated rings. The van der Waals surface area contributed by atoms with Gasteiger partial charge >= 0.3 is 0 Å². The lowest BCUT2D eigenvalue weighted by Crippen LogP contribution is -2.10. The molecular weight excluding hydrogens is 1340 g/mol. The Morgan fingerprint density at radius 1 is 0.190 bits per heavy atom. The van der Waals surface area contributed by atoms with Gasteiger partial charge in [-0.25, -0.2) is 0 Å². The first-order valence-corrected chi connectivity index (χ1v) is 36.5. The summed E-state index contributed by atoms with van der Waals surface area (Å²) in [5.74, 6) is 0. The summed E-state index contributed by atoms with van der Waals surface area (Å²) >= 11 is 3.56. The number of anilines is 5. The zero-order chi connectivity index (χ0) is 70.0. The van der Waals surface area contributed by atoms with Crippen molar-refractivity contribution in [2.45, 2.75) is 0 Å². The summed E-state index contributed by atoms with van der Waals surface area (Å²) in [6.45, 7) is 0. The van der Waals surface area contributed by atoms with Gasteiger partial charge in [-0.2, -0.15) is 0 Å². The molecule has 5 heteroatoms. The summed E-state index contributed by atoms with van der Waals surface area (Å²) in [4.78, 5) is 2.34. The molecule has 2 aromatic heterocycles. The zero-order valence-corrected chi connectivity index (χ0v) is 59.1. The number of para-hydroxylation sites is 6. The lowest BCUT2D eigenvalue weighted by atomic mass is 9.86. The highest BCUT2D eigenvalue weighted by Gasteiger charge is 2.21. The van der Waals surface area contributed by atoms with E-state index in [1.807, 2.05) is 18.2 Å². The summed E-state index contributed by atoms with van der Waals surface area (Å²) in [7, 11) is 0. The van der Waals surface area contributed by atoms with Crippen molar-refractivity contribution >= 4 is 131 Å². The van der Waals surface area contributed by atoms with Crippen molar-refractivity contribution in [3.63, 3.8) is 0 Å². The van der Waals surface area contributed by atoms with Crippen LogP contribution in [0.3, 0.4) is 0 Å². The van der Waals surface area contributed by atoms with Crippen molar-refractivity contribution in [1.82, 2.24) is 9.13 Å². The largest absolute Gasteiger partial charge is 0.356 e. The van der Waals surface area contributed by atoms with E-state index in [1.54, 1.807) is 0 Å². The van der Waals surface area contributed by atoms with E-state index in [2.05, 4.69) is 430 Å². The Bertz CT molecular complexity index is 6290. The van der Waals surface area contributed by atoms with Crippen LogP contribution in [0.1, 0.15) is 0 Å². The fraction of sp³-hybridized carbons (Fsp3) is 0. The number of aromatic nitrogens is 2. The van der Waals surface area contributed by atoms with E-state index in [0.29, 0.717) is 0 Å². The van der Waals surface area contributed by atoms with Crippen molar-refractivity contribution in [3.05, 3.63) is 417 Å². The third kappa shape index (κ3) is 12.1. The number of nitrogens with zero attached hydrogens (tertiary/aromatic N) is 3. The SMILES string of the molecule is Brc1ccc(-c2c3ccccc3c(-c3ccccc3)c3ccccc23)cc1.c1ccc(-c2c3ccccc3c(-c3ccc(N(c4ccccc4)c4ccc(-n5c6ccccc6c6ccccc65)cc4)cc3)c3ccccc23)cc1.c1ccc(Nc2ccc(-n3c4ccccc4c4ccccc43)cc2)cc1. The van der Waals surface area contributed by atoms with Crippen LogP contribution in [0.5, 0.6) is 0 Å². The molecule has 0 radical (unpaired) electrons. The average molecular weight is 1410 g/mol. The summed E-state index contributed by atoms with van der Waals surface area (Å²) < 4.78 is 5.80. The molecule has 0 bridgehead atoms. The molecule has 18 aromatic carbocycles. The number of rotatable bonds is 11. The molecule has 105 heavy (non-hydrogen) atoms. The minimum Gasteiger partial charge on any atom is -0.356 e. The van der Waals surface area contributed by atoms with E-state index < -0.39 is 0 Å². The topological polar surface area (TPSA) is 25.1 Å². The van der Waals surface area contributed by atoms with E-state index in [0.717, 1.165) is 38.6 Å². The maximum Gasteiger partial charge on any atom is 0.0541 e. The first-order chi connectivity index (χ1) is 52.1. The van der Waals surface area contributed by atoms with Crippen molar-refractivity contribution < 1.29 is 0 Å². The maximum absolute atomic E-state index is 3.56. The van der Waals surface area contributed by atoms with E-state index in [1.165, 1.54) is 137 Å². The third-order valence-electron chi connectivity index (χ3n) is 20.3. The molecule has 0 aliphatic carbocycles. The van der Waals surface area contributed by atoms with Crippen molar-refractivity contribution in [1.29, 1.82) is 0 Å². The van der Waals surface area contributed by atoms with E-state index >= 15 is 0 Å². The van der Waals surface area contributed by atoms with Crippen LogP contribution in [0, 0.1) is 0 Å². The minimum absolute atomic E-state index is 1.08. The second-order valence-electron chi connectivity index (χ2n) is 26.4. The minimum atomic E-state index is 1.08. The lowest BCUT2D eigenvalue weighted by Gasteiger charge is -2.26. The van der Waals surface area contributed by atoms with Crippen LogP contribution in [0.4, 0.5) is 28.4 Å². The van der Waals surface area contributed by atoms with Crippen molar-refractivity contribution in [2.75, 3.05) is 10.2 Å². The Balaban J connectivity index is 0.000000124. The summed E-state index contributed by atoms with van der Waals surface area (Å²) in [5, 5.41) is 18.8. The number of fused-ring (bicyclic) bond motifs is 10. The van der Waals surface area contributed by atoms with Gasteiger partial charge in [-0.15, -0.1) is 0 Å². The second-order valence-corrected chi connectivity index (χ2v) is 27.3. The third-order valence-corrected chi connectivity index (χ3v) is 20.8. The normalized spacial score (nSPS) is 11.3. The Hall–Kier alpha value is -13.3. The molecular formula is C100H69BrN4. The van der Waals surface area contributed by atoms with Gasteiger partial charge in [0.15, 0.2) is 0 Å². The zero-order valence-electron chi connectivity index (χ0n) is 57.5. The Morgan fingerprint density at radius 3 is 0.752 bits per heavy atom. The van der Waals surface area contributed by atoms with Crippen LogP contribution in [0.25, 0.3) is 143 Å². The van der Waals surface area contributed by atoms with E-state index in [4.69, 9.17) is 0 Å². The van der Waals surface area contributed by atoms with Gasteiger partial charge < -0.3 is 19.4 Å². The molecule has 0 spiro atoms. The molecule has 496 valence electrons. The van der Waals surface area contributed by atoms with Crippen LogP contribution in [-0.4, -0.2) is 9.13 Å². The smallest absolute Gasteiger partial charge is 0.0541 e. The predicted octanol–water partition coefficient (Wildman–Crippen LogP) is 28.5. The number of halogens is 1. The number of benzene rings is 18. The average Bonchev–Trinajstić information content (AvgIpc) is 1.70. The Labute approximate surface area is 619 Å². The summed E-state index contributed by atoms with van der Waals surface area (Å²) in [6.07, 6.45) is 0. The van der Waals surface area contributed by atoms with Crippen molar-refractivity contribution in [3.8, 4) is 55.9 Å². The van der Waals surface area contributed by atoms with Gasteiger partial charge in [0, 0.05) is 65.8 Å². The summed E-state index contributed by atoms with van der Waals surface area (Å²) in [5.41, 5.74) is 22.8. The molecule has 0 aliphatic heterocycles. The molecule has 20 rings (SSSR count). The van der Waals surface area contributed by atoms with Crippen LogP contribution >= 0.6 is 15.9 Å². The fourth-order valence-corrected chi connectivity index (χ4v) is 15.9. The van der Waals surface area contributed by atoms with Crippen LogP contribution < -0.4 is 10.2 Å². The first kappa shape index (κ1) is 63.8. The first-order valence-electron chi connectivity index (χ1n) is 35.7. The molecule has 20 aromatic rings. The highest BCUT2D eigenvalue weighted by Crippen LogP contribution is 2.47. The molecule has 4 nitrogen and oxygen atoms in total. The molecule has 0 aliphatic rings. The molecule has 0 unspecified atom stereocenters. The monoisotopic (exact) mass is 1400 g/mol. The van der Waals surface area contributed by atoms with Gasteiger partial charge in [-0.3, -0.25) is 0 Å². The van der Waals surface area contributed by atoms with Gasteiger partial charge in [0.05, 0.1) is 22.1 Å². The lowest BCUT2D eigenvalue weighted by molar-refractivity contribution is 1.17. The maximum atomic E-state index is 3.56. The van der Waals surface area contributed by atoms with Gasteiger partial charge in [-0.05, 0) is 209 Å². The highest BCUT2D eigenvalue weighted by molar-refractivity contribution is 9.10.